The van der Waals surface area contributed by atoms with Gasteiger partial charge in [0.15, 0.2) is 10.8 Å². The molecule has 96 valence electrons. The van der Waals surface area contributed by atoms with Crippen LogP contribution in [-0.2, 0) is 4.79 Å². The maximum absolute atomic E-state index is 11.7. The number of aromatic nitrogens is 3. The number of carbonyl (C=O) groups excluding carboxylic acids is 1. The summed E-state index contributed by atoms with van der Waals surface area (Å²) in [5.74, 6) is 0.0476. The standard InChI is InChI=1S/C11H13ClN4OS/c1-6(10(17)16(2)3)18-11-14-8-4-7(12)5-13-9(8)15-11/h4-6H,1-3H3,(H,13,14,15)/t6-/m1/s1. The largest absolute Gasteiger partial charge is 0.348 e. The van der Waals surface area contributed by atoms with Crippen LogP contribution in [0, 0.1) is 0 Å². The average molecular weight is 285 g/mol. The number of imidazole rings is 1. The van der Waals surface area contributed by atoms with Crippen LogP contribution in [-0.4, -0.2) is 45.1 Å². The van der Waals surface area contributed by atoms with Crippen molar-refractivity contribution in [3.05, 3.63) is 17.3 Å². The maximum Gasteiger partial charge on any atom is 0.235 e. The Morgan fingerprint density at radius 3 is 2.94 bits per heavy atom. The molecule has 0 aliphatic carbocycles. The number of amides is 1. The number of fused-ring (bicyclic) bond motifs is 1. The average Bonchev–Trinajstić information content (AvgIpc) is 2.68. The van der Waals surface area contributed by atoms with E-state index in [-0.39, 0.29) is 11.2 Å². The maximum atomic E-state index is 11.7. The molecular formula is C11H13ClN4OS. The Morgan fingerprint density at radius 2 is 2.28 bits per heavy atom. The van der Waals surface area contributed by atoms with Gasteiger partial charge in [0.1, 0.15) is 0 Å². The Kier molecular flexibility index (Phi) is 3.77. The van der Waals surface area contributed by atoms with E-state index in [0.29, 0.717) is 15.8 Å². The number of hydrogen-bond donors (Lipinski definition) is 1. The number of nitrogens with one attached hydrogen (secondary N) is 1. The van der Waals surface area contributed by atoms with Gasteiger partial charge in [-0.05, 0) is 13.0 Å². The number of carbonyl (C=O) groups is 1. The van der Waals surface area contributed by atoms with E-state index in [9.17, 15) is 4.79 Å². The quantitative estimate of drug-likeness (QED) is 0.878. The molecule has 0 spiro atoms. The number of pyridine rings is 1. The van der Waals surface area contributed by atoms with E-state index in [4.69, 9.17) is 11.6 Å². The first-order chi connectivity index (χ1) is 8.47. The predicted octanol–water partition coefficient (Wildman–Crippen LogP) is 2.18. The number of halogens is 1. The third kappa shape index (κ3) is 2.76. The smallest absolute Gasteiger partial charge is 0.235 e. The summed E-state index contributed by atoms with van der Waals surface area (Å²) in [6, 6.07) is 1.76. The van der Waals surface area contributed by atoms with Crippen LogP contribution in [0.25, 0.3) is 11.2 Å². The normalized spacial score (nSPS) is 12.7. The predicted molar refractivity (Wildman–Crippen MR) is 72.9 cm³/mol. The Balaban J connectivity index is 2.19. The zero-order chi connectivity index (χ0) is 13.3. The van der Waals surface area contributed by atoms with Gasteiger partial charge in [-0.1, -0.05) is 23.4 Å². The van der Waals surface area contributed by atoms with Gasteiger partial charge >= 0.3 is 0 Å². The lowest BCUT2D eigenvalue weighted by molar-refractivity contribution is -0.127. The number of thioether (sulfide) groups is 1. The van der Waals surface area contributed by atoms with Crippen molar-refractivity contribution in [2.75, 3.05) is 14.1 Å². The summed E-state index contributed by atoms with van der Waals surface area (Å²) in [4.78, 5) is 24.8. The van der Waals surface area contributed by atoms with E-state index in [1.54, 1.807) is 31.3 Å². The van der Waals surface area contributed by atoms with Crippen molar-refractivity contribution < 1.29 is 4.79 Å². The van der Waals surface area contributed by atoms with Crippen molar-refractivity contribution in [3.8, 4) is 0 Å². The number of rotatable bonds is 3. The first-order valence-electron chi connectivity index (χ1n) is 5.36. The zero-order valence-electron chi connectivity index (χ0n) is 10.3. The van der Waals surface area contributed by atoms with Gasteiger partial charge in [0.05, 0.1) is 15.8 Å². The molecule has 0 aliphatic rings. The topological polar surface area (TPSA) is 61.9 Å². The SMILES string of the molecule is C[C@@H](Sc1nc2ncc(Cl)cc2[nH]1)C(=O)N(C)C. The summed E-state index contributed by atoms with van der Waals surface area (Å²) < 4.78 is 0. The highest BCUT2D eigenvalue weighted by Gasteiger charge is 2.18. The molecule has 0 saturated heterocycles. The van der Waals surface area contributed by atoms with Gasteiger partial charge in [-0.15, -0.1) is 0 Å². The van der Waals surface area contributed by atoms with E-state index in [1.807, 2.05) is 6.92 Å². The van der Waals surface area contributed by atoms with Crippen LogP contribution in [0.1, 0.15) is 6.92 Å². The van der Waals surface area contributed by atoms with Crippen LogP contribution in [0.5, 0.6) is 0 Å². The Labute approximate surface area is 114 Å². The molecule has 2 aromatic heterocycles. The van der Waals surface area contributed by atoms with E-state index in [2.05, 4.69) is 15.0 Å². The molecule has 2 rings (SSSR count). The van der Waals surface area contributed by atoms with E-state index < -0.39 is 0 Å². The molecule has 2 aromatic rings. The highest BCUT2D eigenvalue weighted by molar-refractivity contribution is 8.00. The molecule has 0 fully saturated rings. The van der Waals surface area contributed by atoms with Crippen LogP contribution in [0.4, 0.5) is 0 Å². The Hall–Kier alpha value is -1.27. The molecule has 0 aliphatic heterocycles. The highest BCUT2D eigenvalue weighted by atomic mass is 35.5. The van der Waals surface area contributed by atoms with Gasteiger partial charge in [0.2, 0.25) is 5.91 Å². The Bertz CT molecular complexity index is 583. The molecule has 0 bridgehead atoms. The second kappa shape index (κ2) is 5.16. The first-order valence-corrected chi connectivity index (χ1v) is 6.62. The zero-order valence-corrected chi connectivity index (χ0v) is 11.8. The van der Waals surface area contributed by atoms with Crippen LogP contribution < -0.4 is 0 Å². The Morgan fingerprint density at radius 1 is 1.56 bits per heavy atom. The number of nitrogens with zero attached hydrogens (tertiary/aromatic N) is 3. The molecule has 1 N–H and O–H groups in total. The summed E-state index contributed by atoms with van der Waals surface area (Å²) >= 11 is 7.22. The minimum absolute atomic E-state index is 0.0476. The fraction of sp³-hybridized carbons (Fsp3) is 0.364. The van der Waals surface area contributed by atoms with Gasteiger partial charge in [0, 0.05) is 20.3 Å². The van der Waals surface area contributed by atoms with E-state index in [0.717, 1.165) is 5.52 Å². The first kappa shape index (κ1) is 13.2. The van der Waals surface area contributed by atoms with Crippen molar-refractivity contribution in [2.24, 2.45) is 0 Å². The van der Waals surface area contributed by atoms with Crippen molar-refractivity contribution in [1.82, 2.24) is 19.9 Å². The fourth-order valence-corrected chi connectivity index (χ4v) is 2.60. The van der Waals surface area contributed by atoms with Gasteiger partial charge in [0.25, 0.3) is 0 Å². The molecule has 18 heavy (non-hydrogen) atoms. The van der Waals surface area contributed by atoms with Crippen molar-refractivity contribution in [2.45, 2.75) is 17.3 Å². The molecule has 1 amide bonds. The summed E-state index contributed by atoms with van der Waals surface area (Å²) in [6.07, 6.45) is 1.55. The summed E-state index contributed by atoms with van der Waals surface area (Å²) in [6.45, 7) is 1.85. The van der Waals surface area contributed by atoms with Gasteiger partial charge < -0.3 is 9.88 Å². The van der Waals surface area contributed by atoms with Crippen molar-refractivity contribution in [1.29, 1.82) is 0 Å². The summed E-state index contributed by atoms with van der Waals surface area (Å²) in [5.41, 5.74) is 1.38. The molecule has 5 nitrogen and oxygen atoms in total. The lowest BCUT2D eigenvalue weighted by Crippen LogP contribution is -2.29. The van der Waals surface area contributed by atoms with Gasteiger partial charge in [-0.25, -0.2) is 9.97 Å². The number of hydrogen-bond acceptors (Lipinski definition) is 4. The molecule has 0 unspecified atom stereocenters. The van der Waals surface area contributed by atoms with E-state index in [1.165, 1.54) is 11.8 Å². The lowest BCUT2D eigenvalue weighted by atomic mass is 10.4. The van der Waals surface area contributed by atoms with Gasteiger partial charge in [-0.3, -0.25) is 4.79 Å². The van der Waals surface area contributed by atoms with E-state index >= 15 is 0 Å². The third-order valence-corrected chi connectivity index (χ3v) is 3.54. The lowest BCUT2D eigenvalue weighted by Gasteiger charge is -2.14. The summed E-state index contributed by atoms with van der Waals surface area (Å²) in [7, 11) is 3.47. The second-order valence-corrected chi connectivity index (χ2v) is 5.83. The van der Waals surface area contributed by atoms with Crippen molar-refractivity contribution >= 4 is 40.4 Å². The molecule has 0 saturated carbocycles. The van der Waals surface area contributed by atoms with Crippen LogP contribution in [0.2, 0.25) is 5.02 Å². The minimum Gasteiger partial charge on any atom is -0.348 e. The van der Waals surface area contributed by atoms with Crippen LogP contribution in [0.15, 0.2) is 17.4 Å². The van der Waals surface area contributed by atoms with Gasteiger partial charge in [-0.2, -0.15) is 0 Å². The molecule has 7 heteroatoms. The number of aromatic amines is 1. The fourth-order valence-electron chi connectivity index (χ4n) is 1.49. The third-order valence-electron chi connectivity index (χ3n) is 2.36. The highest BCUT2D eigenvalue weighted by Crippen LogP contribution is 2.24. The monoisotopic (exact) mass is 284 g/mol. The molecule has 0 radical (unpaired) electrons. The van der Waals surface area contributed by atoms with Crippen LogP contribution in [0.3, 0.4) is 0 Å². The van der Waals surface area contributed by atoms with Crippen molar-refractivity contribution in [3.63, 3.8) is 0 Å². The molecule has 0 aromatic carbocycles. The second-order valence-electron chi connectivity index (χ2n) is 4.06. The summed E-state index contributed by atoms with van der Waals surface area (Å²) in [5, 5.41) is 1.03. The molecular weight excluding hydrogens is 272 g/mol. The number of H-pyrrole nitrogens is 1. The van der Waals surface area contributed by atoms with Crippen LogP contribution >= 0.6 is 23.4 Å². The molecule has 2 heterocycles. The molecule has 1 atom stereocenters. The minimum atomic E-state index is -0.198.